The number of ketones is 1. The molecule has 1 heterocycles. The highest BCUT2D eigenvalue weighted by atomic mass is 32.2. The van der Waals surface area contributed by atoms with Gasteiger partial charge in [-0.05, 0) is 61.6 Å². The Labute approximate surface area is 184 Å². The van der Waals surface area contributed by atoms with Gasteiger partial charge in [-0.3, -0.25) is 14.9 Å². The molecule has 30 heavy (non-hydrogen) atoms. The van der Waals surface area contributed by atoms with Crippen molar-refractivity contribution in [1.82, 2.24) is 10.2 Å². The second-order valence-electron chi connectivity index (χ2n) is 6.94. The molecule has 0 aliphatic rings. The van der Waals surface area contributed by atoms with Crippen LogP contribution in [0.4, 0.5) is 5.13 Å². The quantitative estimate of drug-likeness (QED) is 0.225. The summed E-state index contributed by atoms with van der Waals surface area (Å²) in [6, 6.07) is 11.7. The molecule has 1 aromatic heterocycles. The number of benzene rings is 2. The summed E-state index contributed by atoms with van der Waals surface area (Å²) in [6.45, 7) is 7.63. The van der Waals surface area contributed by atoms with Gasteiger partial charge in [0.1, 0.15) is 0 Å². The van der Waals surface area contributed by atoms with Crippen molar-refractivity contribution in [3.8, 4) is 0 Å². The molecule has 7 heteroatoms. The number of nitrogens with one attached hydrogen (secondary N) is 1. The third kappa shape index (κ3) is 5.43. The third-order valence-electron chi connectivity index (χ3n) is 4.69. The molecule has 1 amide bonds. The van der Waals surface area contributed by atoms with Gasteiger partial charge in [0.05, 0.1) is 0 Å². The third-order valence-corrected chi connectivity index (χ3v) is 6.68. The molecule has 0 unspecified atom stereocenters. The van der Waals surface area contributed by atoms with Crippen LogP contribution in [0.1, 0.15) is 45.1 Å². The van der Waals surface area contributed by atoms with E-state index >= 15 is 0 Å². The van der Waals surface area contributed by atoms with Crippen molar-refractivity contribution in [3.63, 3.8) is 0 Å². The first-order valence-corrected chi connectivity index (χ1v) is 11.3. The topological polar surface area (TPSA) is 72.0 Å². The highest BCUT2D eigenvalue weighted by Gasteiger charge is 2.15. The lowest BCUT2D eigenvalue weighted by molar-refractivity contribution is -0.111. The number of rotatable bonds is 7. The van der Waals surface area contributed by atoms with Crippen molar-refractivity contribution in [2.24, 2.45) is 0 Å². The molecule has 0 fully saturated rings. The van der Waals surface area contributed by atoms with Crippen LogP contribution >= 0.6 is 23.1 Å². The maximum atomic E-state index is 12.1. The lowest BCUT2D eigenvalue weighted by Crippen LogP contribution is -2.07. The Kier molecular flexibility index (Phi) is 7.18. The fourth-order valence-corrected chi connectivity index (χ4v) is 5.27. The van der Waals surface area contributed by atoms with E-state index in [-0.39, 0.29) is 11.7 Å². The molecule has 0 saturated carbocycles. The van der Waals surface area contributed by atoms with Crippen LogP contribution < -0.4 is 5.32 Å². The lowest BCUT2D eigenvalue weighted by atomic mass is 9.92. The first kappa shape index (κ1) is 21.9. The minimum absolute atomic E-state index is 0.0840. The molecule has 0 spiro atoms. The average molecular weight is 438 g/mol. The molecule has 154 valence electrons. The Morgan fingerprint density at radius 1 is 1.10 bits per heavy atom. The van der Waals surface area contributed by atoms with E-state index in [2.05, 4.69) is 28.5 Å². The van der Waals surface area contributed by atoms with Crippen LogP contribution in [0.15, 0.2) is 46.8 Å². The molecular weight excluding hydrogens is 414 g/mol. The summed E-state index contributed by atoms with van der Waals surface area (Å²) in [5, 5.41) is 11.4. The van der Waals surface area contributed by atoms with Gasteiger partial charge in [0.2, 0.25) is 11.0 Å². The van der Waals surface area contributed by atoms with Gasteiger partial charge >= 0.3 is 0 Å². The zero-order valence-corrected chi connectivity index (χ0v) is 19.0. The smallest absolute Gasteiger partial charge is 0.250 e. The van der Waals surface area contributed by atoms with E-state index in [0.29, 0.717) is 10.9 Å². The van der Waals surface area contributed by atoms with E-state index in [1.807, 2.05) is 44.2 Å². The molecule has 3 rings (SSSR count). The number of aromatic nitrogens is 2. The van der Waals surface area contributed by atoms with Gasteiger partial charge in [-0.1, -0.05) is 59.5 Å². The van der Waals surface area contributed by atoms with Gasteiger partial charge in [-0.2, -0.15) is 0 Å². The first-order chi connectivity index (χ1) is 14.3. The summed E-state index contributed by atoms with van der Waals surface area (Å²) in [5.74, 6) is 0.526. The molecule has 5 nitrogen and oxygen atoms in total. The van der Waals surface area contributed by atoms with E-state index in [1.54, 1.807) is 24.8 Å². The van der Waals surface area contributed by atoms with E-state index in [9.17, 15) is 9.59 Å². The van der Waals surface area contributed by atoms with Crippen molar-refractivity contribution in [2.75, 3.05) is 5.32 Å². The fourth-order valence-electron chi connectivity index (χ4n) is 3.33. The number of amides is 1. The number of hydrogen-bond acceptors (Lipinski definition) is 6. The van der Waals surface area contributed by atoms with Crippen molar-refractivity contribution >= 4 is 46.0 Å². The summed E-state index contributed by atoms with van der Waals surface area (Å²) in [4.78, 5) is 24.1. The maximum Gasteiger partial charge on any atom is 0.250 e. The zero-order valence-electron chi connectivity index (χ0n) is 17.4. The second-order valence-corrected chi connectivity index (χ2v) is 9.14. The summed E-state index contributed by atoms with van der Waals surface area (Å²) < 4.78 is 0.765. The minimum atomic E-state index is -0.247. The number of nitrogens with zero attached hydrogens (tertiary/aromatic N) is 2. The summed E-state index contributed by atoms with van der Waals surface area (Å²) in [7, 11) is 0. The number of aryl methyl sites for hydroxylation is 2. The summed E-state index contributed by atoms with van der Waals surface area (Å²) >= 11 is 2.89. The van der Waals surface area contributed by atoms with E-state index in [1.165, 1.54) is 17.4 Å². The molecule has 1 N–H and O–H groups in total. The van der Waals surface area contributed by atoms with Gasteiger partial charge in [-0.15, -0.1) is 10.2 Å². The van der Waals surface area contributed by atoms with Gasteiger partial charge in [-0.25, -0.2) is 0 Å². The molecule has 0 aliphatic heterocycles. The standard InChI is InChI=1S/C23H23N3O2S2/c1-14-12-15(2)21(17(4)27)16(3)19(14)13-29-23-26-25-22(30-23)24-20(28)11-10-18-8-6-5-7-9-18/h5-12H,13H2,1-4H3,(H,24,25,28)/b11-10+. The number of thioether (sulfide) groups is 1. The highest BCUT2D eigenvalue weighted by molar-refractivity contribution is 8.00. The molecule has 0 saturated heterocycles. The van der Waals surface area contributed by atoms with Crippen molar-refractivity contribution in [1.29, 1.82) is 0 Å². The number of carbonyl (C=O) groups excluding carboxylic acids is 2. The molecular formula is C23H23N3O2S2. The van der Waals surface area contributed by atoms with Crippen LogP contribution in [0.5, 0.6) is 0 Å². The van der Waals surface area contributed by atoms with Gasteiger partial charge in [0.25, 0.3) is 0 Å². The Morgan fingerprint density at radius 3 is 2.53 bits per heavy atom. The Morgan fingerprint density at radius 2 is 1.83 bits per heavy atom. The molecule has 0 atom stereocenters. The fraction of sp³-hybridized carbons (Fsp3) is 0.217. The van der Waals surface area contributed by atoms with E-state index in [0.717, 1.165) is 37.7 Å². The van der Waals surface area contributed by atoms with Crippen molar-refractivity contribution in [3.05, 3.63) is 75.9 Å². The van der Waals surface area contributed by atoms with Crippen molar-refractivity contribution in [2.45, 2.75) is 37.8 Å². The monoisotopic (exact) mass is 437 g/mol. The first-order valence-electron chi connectivity index (χ1n) is 9.46. The van der Waals surface area contributed by atoms with Gasteiger partial charge in [0.15, 0.2) is 10.1 Å². The van der Waals surface area contributed by atoms with E-state index < -0.39 is 0 Å². The number of hydrogen-bond donors (Lipinski definition) is 1. The highest BCUT2D eigenvalue weighted by Crippen LogP contribution is 2.32. The molecule has 3 aromatic rings. The Bertz CT molecular complexity index is 1110. The second kappa shape index (κ2) is 9.82. The van der Waals surface area contributed by atoms with Crippen LogP contribution in [0.2, 0.25) is 0 Å². The maximum absolute atomic E-state index is 12.1. The van der Waals surface area contributed by atoms with Crippen LogP contribution in [0.25, 0.3) is 6.08 Å². The normalized spacial score (nSPS) is 11.1. The van der Waals surface area contributed by atoms with Gasteiger partial charge in [0, 0.05) is 17.4 Å². The number of carbonyl (C=O) groups is 2. The van der Waals surface area contributed by atoms with Crippen LogP contribution in [0.3, 0.4) is 0 Å². The zero-order chi connectivity index (χ0) is 21.7. The Balaban J connectivity index is 1.64. The van der Waals surface area contributed by atoms with E-state index in [4.69, 9.17) is 0 Å². The average Bonchev–Trinajstić information content (AvgIpc) is 3.13. The Hall–Kier alpha value is -2.77. The largest absolute Gasteiger partial charge is 0.297 e. The number of anilines is 1. The predicted octanol–water partition coefficient (Wildman–Crippen LogP) is 5.61. The van der Waals surface area contributed by atoms with Gasteiger partial charge < -0.3 is 0 Å². The molecule has 0 aliphatic carbocycles. The van der Waals surface area contributed by atoms with Crippen LogP contribution in [-0.2, 0) is 10.5 Å². The predicted molar refractivity (Wildman–Crippen MR) is 124 cm³/mol. The minimum Gasteiger partial charge on any atom is -0.297 e. The lowest BCUT2D eigenvalue weighted by Gasteiger charge is -2.15. The van der Waals surface area contributed by atoms with Crippen LogP contribution in [-0.4, -0.2) is 21.9 Å². The SMILES string of the molecule is CC(=O)c1c(C)cc(C)c(CSc2nnc(NC(=O)/C=C/c3ccccc3)s2)c1C. The molecule has 0 radical (unpaired) electrons. The molecule has 2 aromatic carbocycles. The number of Topliss-reactive ketones (excluding diaryl/α,β-unsaturated/α-hetero) is 1. The van der Waals surface area contributed by atoms with Crippen LogP contribution in [0, 0.1) is 20.8 Å². The van der Waals surface area contributed by atoms with Crippen molar-refractivity contribution < 1.29 is 9.59 Å². The summed E-state index contributed by atoms with van der Waals surface area (Å²) in [6.07, 6.45) is 3.23. The molecule has 0 bridgehead atoms. The summed E-state index contributed by atoms with van der Waals surface area (Å²) in [5.41, 5.74) is 6.09.